The van der Waals surface area contributed by atoms with E-state index in [1.165, 1.54) is 0 Å². The first-order valence-corrected chi connectivity index (χ1v) is 10.7. The van der Waals surface area contributed by atoms with Crippen molar-refractivity contribution in [1.82, 2.24) is 5.32 Å². The zero-order chi connectivity index (χ0) is 23.0. The first-order chi connectivity index (χ1) is 14.8. The standard InChI is InChI=1S/C23H37NO7/c1-15(2)31-20(25)13-17-9-8-10-23(29-6,30-7)22(17)24-14-16-11-18(26-3)21(28-5)19(12-16)27-4/h11-12,15,17,22,24H,8-10,13-14H2,1-7H3/t17-,22-/m1/s1. The Morgan fingerprint density at radius 2 is 1.68 bits per heavy atom. The van der Waals surface area contributed by atoms with Gasteiger partial charge in [-0.25, -0.2) is 0 Å². The Morgan fingerprint density at radius 3 is 2.16 bits per heavy atom. The number of rotatable bonds is 11. The van der Waals surface area contributed by atoms with Crippen LogP contribution in [0.2, 0.25) is 0 Å². The molecule has 1 aliphatic carbocycles. The van der Waals surface area contributed by atoms with Crippen LogP contribution in [-0.2, 0) is 25.5 Å². The minimum atomic E-state index is -0.818. The summed E-state index contributed by atoms with van der Waals surface area (Å²) in [5.74, 6) is 0.711. The van der Waals surface area contributed by atoms with Crippen LogP contribution in [0, 0.1) is 5.92 Å². The summed E-state index contributed by atoms with van der Waals surface area (Å²) in [6.07, 6.45) is 2.69. The number of hydrogen-bond donors (Lipinski definition) is 1. The Morgan fingerprint density at radius 1 is 1.06 bits per heavy atom. The molecule has 2 rings (SSSR count). The molecule has 8 heteroatoms. The highest BCUT2D eigenvalue weighted by Gasteiger charge is 2.47. The molecule has 1 aromatic rings. The molecular formula is C23H37NO7. The molecule has 0 spiro atoms. The van der Waals surface area contributed by atoms with Gasteiger partial charge in [0.15, 0.2) is 17.3 Å². The van der Waals surface area contributed by atoms with Gasteiger partial charge in [-0.3, -0.25) is 4.79 Å². The molecule has 1 fully saturated rings. The van der Waals surface area contributed by atoms with Crippen LogP contribution in [0.1, 0.15) is 45.1 Å². The third-order valence-electron chi connectivity index (χ3n) is 5.78. The van der Waals surface area contributed by atoms with E-state index in [4.69, 9.17) is 28.4 Å². The number of methoxy groups -OCH3 is 5. The zero-order valence-electron chi connectivity index (χ0n) is 19.8. The molecule has 1 aromatic carbocycles. The summed E-state index contributed by atoms with van der Waals surface area (Å²) >= 11 is 0. The van der Waals surface area contributed by atoms with E-state index in [9.17, 15) is 4.79 Å². The topological polar surface area (TPSA) is 84.5 Å². The third kappa shape index (κ3) is 6.02. The average molecular weight is 440 g/mol. The van der Waals surface area contributed by atoms with Gasteiger partial charge in [0.2, 0.25) is 5.75 Å². The Bertz CT molecular complexity index is 693. The van der Waals surface area contributed by atoms with E-state index >= 15 is 0 Å². The van der Waals surface area contributed by atoms with Crippen LogP contribution in [0.15, 0.2) is 12.1 Å². The summed E-state index contributed by atoms with van der Waals surface area (Å²) in [5.41, 5.74) is 0.949. The number of carbonyl (C=O) groups is 1. The van der Waals surface area contributed by atoms with E-state index in [0.717, 1.165) is 24.8 Å². The van der Waals surface area contributed by atoms with Gasteiger partial charge < -0.3 is 33.7 Å². The van der Waals surface area contributed by atoms with Crippen molar-refractivity contribution >= 4 is 5.97 Å². The van der Waals surface area contributed by atoms with Crippen molar-refractivity contribution in [2.24, 2.45) is 5.92 Å². The van der Waals surface area contributed by atoms with Gasteiger partial charge in [0.05, 0.1) is 39.9 Å². The van der Waals surface area contributed by atoms with Gasteiger partial charge in [0, 0.05) is 27.2 Å². The second-order valence-electron chi connectivity index (χ2n) is 8.01. The predicted octanol–water partition coefficient (Wildman–Crippen LogP) is 3.30. The number of hydrogen-bond acceptors (Lipinski definition) is 8. The van der Waals surface area contributed by atoms with Crippen molar-refractivity contribution in [1.29, 1.82) is 0 Å². The molecule has 0 aliphatic heterocycles. The van der Waals surface area contributed by atoms with Crippen molar-refractivity contribution < 1.29 is 33.2 Å². The monoisotopic (exact) mass is 439 g/mol. The lowest BCUT2D eigenvalue weighted by atomic mass is 9.78. The first-order valence-electron chi connectivity index (χ1n) is 10.7. The fraction of sp³-hybridized carbons (Fsp3) is 0.696. The number of esters is 1. The van der Waals surface area contributed by atoms with Gasteiger partial charge in [0.25, 0.3) is 0 Å². The van der Waals surface area contributed by atoms with Crippen molar-refractivity contribution in [3.8, 4) is 17.2 Å². The van der Waals surface area contributed by atoms with Crippen molar-refractivity contribution in [3.63, 3.8) is 0 Å². The summed E-state index contributed by atoms with van der Waals surface area (Å²) in [4.78, 5) is 12.4. The molecule has 0 unspecified atom stereocenters. The molecule has 176 valence electrons. The Labute approximate surface area is 185 Å². The van der Waals surface area contributed by atoms with E-state index in [-0.39, 0.29) is 24.0 Å². The lowest BCUT2D eigenvalue weighted by molar-refractivity contribution is -0.249. The molecule has 1 saturated carbocycles. The minimum absolute atomic E-state index is 0.0157. The summed E-state index contributed by atoms with van der Waals surface area (Å²) in [7, 11) is 8.05. The van der Waals surface area contributed by atoms with E-state index < -0.39 is 5.79 Å². The van der Waals surface area contributed by atoms with Crippen molar-refractivity contribution in [3.05, 3.63) is 17.7 Å². The molecule has 0 bridgehead atoms. The largest absolute Gasteiger partial charge is 0.493 e. The lowest BCUT2D eigenvalue weighted by Crippen LogP contribution is -2.59. The Kier molecular flexibility index (Phi) is 9.40. The van der Waals surface area contributed by atoms with Gasteiger partial charge in [-0.05, 0) is 50.3 Å². The fourth-order valence-corrected chi connectivity index (χ4v) is 4.37. The summed E-state index contributed by atoms with van der Waals surface area (Å²) in [6.45, 7) is 4.21. The normalized spacial score (nSPS) is 20.4. The van der Waals surface area contributed by atoms with E-state index in [2.05, 4.69) is 5.32 Å². The quantitative estimate of drug-likeness (QED) is 0.415. The zero-order valence-corrected chi connectivity index (χ0v) is 19.8. The minimum Gasteiger partial charge on any atom is -0.493 e. The molecule has 1 aliphatic rings. The average Bonchev–Trinajstić information content (AvgIpc) is 2.76. The summed E-state index contributed by atoms with van der Waals surface area (Å²) in [5, 5.41) is 3.57. The van der Waals surface area contributed by atoms with Gasteiger partial charge in [-0.15, -0.1) is 0 Å². The van der Waals surface area contributed by atoms with Crippen LogP contribution in [0.3, 0.4) is 0 Å². The van der Waals surface area contributed by atoms with Gasteiger partial charge in [-0.2, -0.15) is 0 Å². The highest BCUT2D eigenvalue weighted by molar-refractivity contribution is 5.70. The first kappa shape index (κ1) is 25.2. The lowest BCUT2D eigenvalue weighted by Gasteiger charge is -2.46. The summed E-state index contributed by atoms with van der Waals surface area (Å²) < 4.78 is 33.4. The summed E-state index contributed by atoms with van der Waals surface area (Å²) in [6, 6.07) is 3.61. The van der Waals surface area contributed by atoms with Crippen LogP contribution in [0.5, 0.6) is 17.2 Å². The van der Waals surface area contributed by atoms with Crippen LogP contribution in [0.4, 0.5) is 0 Å². The molecule has 2 atom stereocenters. The highest BCUT2D eigenvalue weighted by atomic mass is 16.7. The number of ether oxygens (including phenoxy) is 6. The predicted molar refractivity (Wildman–Crippen MR) is 117 cm³/mol. The van der Waals surface area contributed by atoms with Crippen LogP contribution >= 0.6 is 0 Å². The van der Waals surface area contributed by atoms with E-state index in [1.54, 1.807) is 35.5 Å². The van der Waals surface area contributed by atoms with E-state index in [1.807, 2.05) is 26.0 Å². The van der Waals surface area contributed by atoms with Crippen LogP contribution < -0.4 is 19.5 Å². The molecule has 31 heavy (non-hydrogen) atoms. The Balaban J connectivity index is 2.26. The SMILES string of the molecule is COc1cc(CN[C@@H]2[C@@H](CC(=O)OC(C)C)CCCC2(OC)OC)cc(OC)c1OC. The molecule has 0 amide bonds. The maximum Gasteiger partial charge on any atom is 0.306 e. The van der Waals surface area contributed by atoms with Gasteiger partial charge >= 0.3 is 5.97 Å². The molecule has 8 nitrogen and oxygen atoms in total. The highest BCUT2D eigenvalue weighted by Crippen LogP contribution is 2.40. The Hall–Kier alpha value is -2.03. The second-order valence-corrected chi connectivity index (χ2v) is 8.01. The number of carbonyl (C=O) groups excluding carboxylic acids is 1. The van der Waals surface area contributed by atoms with Crippen LogP contribution in [0.25, 0.3) is 0 Å². The fourth-order valence-electron chi connectivity index (χ4n) is 4.37. The molecule has 0 aromatic heterocycles. The van der Waals surface area contributed by atoms with Gasteiger partial charge in [-0.1, -0.05) is 0 Å². The molecule has 0 radical (unpaired) electrons. The maximum absolute atomic E-state index is 12.4. The third-order valence-corrected chi connectivity index (χ3v) is 5.78. The number of nitrogens with one attached hydrogen (secondary N) is 1. The molecular weight excluding hydrogens is 402 g/mol. The number of benzene rings is 1. The van der Waals surface area contributed by atoms with Crippen molar-refractivity contribution in [2.45, 2.75) is 64.0 Å². The smallest absolute Gasteiger partial charge is 0.306 e. The maximum atomic E-state index is 12.4. The van der Waals surface area contributed by atoms with Crippen LogP contribution in [-0.4, -0.2) is 59.5 Å². The van der Waals surface area contributed by atoms with E-state index in [0.29, 0.717) is 30.2 Å². The molecule has 0 heterocycles. The molecule has 0 saturated heterocycles. The molecule has 1 N–H and O–H groups in total. The van der Waals surface area contributed by atoms with Gasteiger partial charge in [0.1, 0.15) is 0 Å². The van der Waals surface area contributed by atoms with Crippen molar-refractivity contribution in [2.75, 3.05) is 35.5 Å². The second kappa shape index (κ2) is 11.5.